The highest BCUT2D eigenvalue weighted by atomic mass is 16.6. The second kappa shape index (κ2) is 11.0. The summed E-state index contributed by atoms with van der Waals surface area (Å²) in [5.41, 5.74) is 2.41. The van der Waals surface area contributed by atoms with E-state index in [1.54, 1.807) is 12.1 Å². The number of aromatic carboxylic acids is 1. The summed E-state index contributed by atoms with van der Waals surface area (Å²) in [4.78, 5) is 24.4. The number of carbonyl (C=O) groups excluding carboxylic acids is 1. The normalized spacial score (nSPS) is 11.9. The zero-order chi connectivity index (χ0) is 24.0. The minimum atomic E-state index is -1.15. The molecule has 0 aromatic heterocycles. The number of carboxylic acid groups (broad SMARTS) is 1. The first-order chi connectivity index (χ1) is 15.1. The summed E-state index contributed by atoms with van der Waals surface area (Å²) >= 11 is 0. The van der Waals surface area contributed by atoms with Gasteiger partial charge < -0.3 is 19.3 Å². The molecule has 0 aliphatic rings. The van der Waals surface area contributed by atoms with Crippen molar-refractivity contribution in [1.29, 1.82) is 0 Å². The topological polar surface area (TPSA) is 82.1 Å². The van der Waals surface area contributed by atoms with E-state index in [4.69, 9.17) is 14.2 Å². The summed E-state index contributed by atoms with van der Waals surface area (Å²) in [5.74, 6) is 0.0624. The Morgan fingerprint density at radius 1 is 1.03 bits per heavy atom. The first kappa shape index (κ1) is 25.2. The summed E-state index contributed by atoms with van der Waals surface area (Å²) in [6.45, 7) is 11.9. The lowest BCUT2D eigenvalue weighted by Crippen LogP contribution is -2.10. The third kappa shape index (κ3) is 6.02. The molecule has 6 nitrogen and oxygen atoms in total. The van der Waals surface area contributed by atoms with E-state index in [0.29, 0.717) is 18.1 Å². The molecule has 2 aromatic carbocycles. The maximum absolute atomic E-state index is 12.2. The quantitative estimate of drug-likeness (QED) is 0.327. The third-order valence-electron chi connectivity index (χ3n) is 5.20. The van der Waals surface area contributed by atoms with Crippen LogP contribution in [0.1, 0.15) is 79.9 Å². The van der Waals surface area contributed by atoms with Gasteiger partial charge in [-0.05, 0) is 67.3 Å². The van der Waals surface area contributed by atoms with Gasteiger partial charge in [-0.1, -0.05) is 39.8 Å². The van der Waals surface area contributed by atoms with E-state index in [1.165, 1.54) is 7.11 Å². The van der Waals surface area contributed by atoms with Crippen molar-refractivity contribution in [2.45, 2.75) is 66.7 Å². The van der Waals surface area contributed by atoms with Crippen molar-refractivity contribution >= 4 is 11.9 Å². The predicted octanol–water partition coefficient (Wildman–Crippen LogP) is 6.66. The van der Waals surface area contributed by atoms with Crippen LogP contribution in [-0.4, -0.2) is 24.2 Å². The standard InChI is InChI=1S/C26H34O6/c1-8-9-22(27)31-21-14-16(4)13-18(6)24(21)32-20-11-10-19(17(5)12-15(2)3)25(30-7)23(20)26(28)29/h10-11,13-15,17H,8-9,12H2,1-7H3,(H,28,29)/t17-/m0/s1. The van der Waals surface area contributed by atoms with E-state index in [1.807, 2.05) is 32.9 Å². The molecule has 0 heterocycles. The highest BCUT2D eigenvalue weighted by Crippen LogP contribution is 2.43. The SMILES string of the molecule is CCCC(=O)Oc1cc(C)cc(C)c1Oc1ccc([C@@H](C)CC(C)C)c(OC)c1C(=O)O. The number of carbonyl (C=O) groups is 2. The van der Waals surface area contributed by atoms with Gasteiger partial charge in [0, 0.05) is 6.42 Å². The van der Waals surface area contributed by atoms with Crippen LogP contribution in [0.2, 0.25) is 0 Å². The second-order valence-electron chi connectivity index (χ2n) is 8.63. The Labute approximate surface area is 190 Å². The molecule has 174 valence electrons. The molecule has 0 unspecified atom stereocenters. The molecule has 0 spiro atoms. The highest BCUT2D eigenvalue weighted by molar-refractivity contribution is 5.95. The van der Waals surface area contributed by atoms with Gasteiger partial charge in [0.25, 0.3) is 0 Å². The van der Waals surface area contributed by atoms with Gasteiger partial charge in [-0.3, -0.25) is 4.79 Å². The van der Waals surface area contributed by atoms with E-state index >= 15 is 0 Å². The van der Waals surface area contributed by atoms with Crippen molar-refractivity contribution < 1.29 is 28.9 Å². The van der Waals surface area contributed by atoms with Gasteiger partial charge in [0.1, 0.15) is 17.1 Å². The van der Waals surface area contributed by atoms with Crippen LogP contribution < -0.4 is 14.2 Å². The van der Waals surface area contributed by atoms with Crippen molar-refractivity contribution in [3.05, 3.63) is 46.5 Å². The number of hydrogen-bond acceptors (Lipinski definition) is 5. The average Bonchev–Trinajstić information content (AvgIpc) is 2.69. The van der Waals surface area contributed by atoms with Crippen LogP contribution in [-0.2, 0) is 4.79 Å². The number of hydrogen-bond donors (Lipinski definition) is 1. The largest absolute Gasteiger partial charge is 0.495 e. The smallest absolute Gasteiger partial charge is 0.343 e. The molecule has 1 atom stereocenters. The van der Waals surface area contributed by atoms with Gasteiger partial charge in [0.05, 0.1) is 7.11 Å². The molecule has 2 aromatic rings. The van der Waals surface area contributed by atoms with Crippen molar-refractivity contribution in [3.63, 3.8) is 0 Å². The first-order valence-electron chi connectivity index (χ1n) is 11.0. The summed E-state index contributed by atoms with van der Waals surface area (Å²) in [6.07, 6.45) is 1.84. The van der Waals surface area contributed by atoms with E-state index < -0.39 is 5.97 Å². The fourth-order valence-corrected chi connectivity index (χ4v) is 3.92. The maximum atomic E-state index is 12.2. The van der Waals surface area contributed by atoms with Crippen LogP contribution >= 0.6 is 0 Å². The minimum Gasteiger partial charge on any atom is -0.495 e. The molecule has 0 aliphatic carbocycles. The fourth-order valence-electron chi connectivity index (χ4n) is 3.92. The van der Waals surface area contributed by atoms with Crippen LogP contribution in [0, 0.1) is 19.8 Å². The van der Waals surface area contributed by atoms with Gasteiger partial charge >= 0.3 is 11.9 Å². The minimum absolute atomic E-state index is 0.0496. The highest BCUT2D eigenvalue weighted by Gasteiger charge is 2.26. The van der Waals surface area contributed by atoms with Crippen LogP contribution in [0.25, 0.3) is 0 Å². The predicted molar refractivity (Wildman–Crippen MR) is 124 cm³/mol. The number of rotatable bonds is 10. The van der Waals surface area contributed by atoms with E-state index in [9.17, 15) is 14.7 Å². The number of esters is 1. The van der Waals surface area contributed by atoms with Gasteiger partial charge in [-0.2, -0.15) is 0 Å². The molecular formula is C26H34O6. The Kier molecular flexibility index (Phi) is 8.70. The van der Waals surface area contributed by atoms with Gasteiger partial charge in [0.2, 0.25) is 0 Å². The Morgan fingerprint density at radius 2 is 1.72 bits per heavy atom. The molecule has 0 saturated heterocycles. The molecule has 0 saturated carbocycles. The lowest BCUT2D eigenvalue weighted by molar-refractivity contribution is -0.134. The van der Waals surface area contributed by atoms with Gasteiger partial charge in [-0.25, -0.2) is 4.79 Å². The van der Waals surface area contributed by atoms with E-state index in [0.717, 1.165) is 23.1 Å². The van der Waals surface area contributed by atoms with Crippen LogP contribution in [0.15, 0.2) is 24.3 Å². The zero-order valence-corrected chi connectivity index (χ0v) is 20.1. The molecule has 0 amide bonds. The molecule has 0 bridgehead atoms. The second-order valence-corrected chi connectivity index (χ2v) is 8.63. The molecule has 0 radical (unpaired) electrons. The first-order valence-corrected chi connectivity index (χ1v) is 11.0. The summed E-state index contributed by atoms with van der Waals surface area (Å²) in [7, 11) is 1.46. The molecule has 1 N–H and O–H groups in total. The van der Waals surface area contributed by atoms with E-state index in [2.05, 4.69) is 20.8 Å². The number of benzene rings is 2. The van der Waals surface area contributed by atoms with Crippen molar-refractivity contribution in [1.82, 2.24) is 0 Å². The maximum Gasteiger partial charge on any atom is 0.343 e. The van der Waals surface area contributed by atoms with Crippen LogP contribution in [0.3, 0.4) is 0 Å². The molecule has 32 heavy (non-hydrogen) atoms. The van der Waals surface area contributed by atoms with Crippen molar-refractivity contribution in [2.75, 3.05) is 7.11 Å². The molecule has 0 fully saturated rings. The zero-order valence-electron chi connectivity index (χ0n) is 20.1. The fraction of sp³-hybridized carbons (Fsp3) is 0.462. The molecule has 0 aliphatic heterocycles. The third-order valence-corrected chi connectivity index (χ3v) is 5.20. The van der Waals surface area contributed by atoms with Crippen molar-refractivity contribution in [3.8, 4) is 23.0 Å². The van der Waals surface area contributed by atoms with Crippen LogP contribution in [0.5, 0.6) is 23.0 Å². The van der Waals surface area contributed by atoms with E-state index in [-0.39, 0.29) is 41.1 Å². The Balaban J connectivity index is 2.58. The Morgan fingerprint density at radius 3 is 2.28 bits per heavy atom. The lowest BCUT2D eigenvalue weighted by atomic mass is 9.90. The van der Waals surface area contributed by atoms with Crippen molar-refractivity contribution in [2.24, 2.45) is 5.92 Å². The molecular weight excluding hydrogens is 408 g/mol. The molecule has 6 heteroatoms. The Hall–Kier alpha value is -3.02. The average molecular weight is 443 g/mol. The van der Waals surface area contributed by atoms with Gasteiger partial charge in [-0.15, -0.1) is 0 Å². The summed E-state index contributed by atoms with van der Waals surface area (Å²) < 4.78 is 17.2. The summed E-state index contributed by atoms with van der Waals surface area (Å²) in [5, 5.41) is 10.00. The van der Waals surface area contributed by atoms with Gasteiger partial charge in [0.15, 0.2) is 11.5 Å². The lowest BCUT2D eigenvalue weighted by Gasteiger charge is -2.21. The number of ether oxygens (including phenoxy) is 3. The number of methoxy groups -OCH3 is 1. The monoisotopic (exact) mass is 442 g/mol. The summed E-state index contributed by atoms with van der Waals surface area (Å²) in [6, 6.07) is 7.10. The number of carboxylic acids is 1. The van der Waals surface area contributed by atoms with Crippen LogP contribution in [0.4, 0.5) is 0 Å². The molecule has 2 rings (SSSR count). The number of aryl methyl sites for hydroxylation is 2. The Bertz CT molecular complexity index is 977.